The Balaban J connectivity index is 0.00000338. The Kier molecular flexibility index (Phi) is 9.17. The number of hydrogen-bond acceptors (Lipinski definition) is 3. The van der Waals surface area contributed by atoms with Gasteiger partial charge >= 0.3 is 0 Å². The molecule has 0 aromatic heterocycles. The summed E-state index contributed by atoms with van der Waals surface area (Å²) < 4.78 is 5.89. The molecule has 142 valence electrons. The lowest BCUT2D eigenvalue weighted by Gasteiger charge is -2.19. The van der Waals surface area contributed by atoms with Gasteiger partial charge in [0.1, 0.15) is 12.4 Å². The summed E-state index contributed by atoms with van der Waals surface area (Å²) >= 11 is 0. The average Bonchev–Trinajstić information content (AvgIpc) is 2.62. The van der Waals surface area contributed by atoms with Crippen molar-refractivity contribution in [2.75, 3.05) is 25.0 Å². The van der Waals surface area contributed by atoms with Gasteiger partial charge in [0.25, 0.3) is 0 Å². The SMILES string of the molecule is CCN(CC)CC(=O)Nc1c(C)cc(OCc2ccccc2)cc1C.Cl. The Hall–Kier alpha value is -2.04. The van der Waals surface area contributed by atoms with Gasteiger partial charge in [0, 0.05) is 5.69 Å². The van der Waals surface area contributed by atoms with E-state index < -0.39 is 0 Å². The normalized spacial score (nSPS) is 10.3. The van der Waals surface area contributed by atoms with Gasteiger partial charge in [-0.25, -0.2) is 0 Å². The molecule has 1 N–H and O–H groups in total. The van der Waals surface area contributed by atoms with Crippen molar-refractivity contribution in [1.29, 1.82) is 0 Å². The summed E-state index contributed by atoms with van der Waals surface area (Å²) in [6.45, 7) is 10.8. The highest BCUT2D eigenvalue weighted by Gasteiger charge is 2.12. The van der Waals surface area contributed by atoms with E-state index in [1.807, 2.05) is 56.3 Å². The summed E-state index contributed by atoms with van der Waals surface area (Å²) in [5, 5.41) is 3.04. The molecule has 0 bridgehead atoms. The molecule has 0 fully saturated rings. The second kappa shape index (κ2) is 10.8. The molecule has 0 saturated heterocycles. The van der Waals surface area contributed by atoms with Crippen LogP contribution in [0.3, 0.4) is 0 Å². The van der Waals surface area contributed by atoms with E-state index in [0.29, 0.717) is 13.2 Å². The first kappa shape index (κ1) is 22.0. The summed E-state index contributed by atoms with van der Waals surface area (Å²) in [6, 6.07) is 14.0. The number of anilines is 1. The minimum absolute atomic E-state index is 0. The molecule has 2 aromatic rings. The lowest BCUT2D eigenvalue weighted by atomic mass is 10.1. The summed E-state index contributed by atoms with van der Waals surface area (Å²) in [7, 11) is 0. The van der Waals surface area contributed by atoms with E-state index in [4.69, 9.17) is 4.74 Å². The Morgan fingerprint density at radius 2 is 1.62 bits per heavy atom. The van der Waals surface area contributed by atoms with Crippen LogP contribution in [0.5, 0.6) is 5.75 Å². The van der Waals surface area contributed by atoms with Gasteiger partial charge in [-0.2, -0.15) is 0 Å². The van der Waals surface area contributed by atoms with Crippen LogP contribution in [-0.2, 0) is 11.4 Å². The minimum Gasteiger partial charge on any atom is -0.489 e. The zero-order valence-corrected chi connectivity index (χ0v) is 16.9. The van der Waals surface area contributed by atoms with Crippen molar-refractivity contribution >= 4 is 24.0 Å². The van der Waals surface area contributed by atoms with E-state index in [1.165, 1.54) is 0 Å². The van der Waals surface area contributed by atoms with Crippen molar-refractivity contribution in [3.8, 4) is 5.75 Å². The molecule has 2 aromatic carbocycles. The van der Waals surface area contributed by atoms with Gasteiger partial charge in [-0.1, -0.05) is 44.2 Å². The summed E-state index contributed by atoms with van der Waals surface area (Å²) in [5.74, 6) is 0.841. The van der Waals surface area contributed by atoms with Gasteiger partial charge in [0.2, 0.25) is 5.91 Å². The molecule has 0 unspecified atom stereocenters. The Morgan fingerprint density at radius 3 is 2.15 bits per heavy atom. The van der Waals surface area contributed by atoms with Crippen LogP contribution in [-0.4, -0.2) is 30.4 Å². The molecule has 0 radical (unpaired) electrons. The van der Waals surface area contributed by atoms with Crippen molar-refractivity contribution in [3.63, 3.8) is 0 Å². The van der Waals surface area contributed by atoms with Gasteiger partial charge in [0.05, 0.1) is 6.54 Å². The van der Waals surface area contributed by atoms with Crippen molar-refractivity contribution in [3.05, 3.63) is 59.2 Å². The summed E-state index contributed by atoms with van der Waals surface area (Å²) in [5.41, 5.74) is 4.03. The monoisotopic (exact) mass is 376 g/mol. The maximum Gasteiger partial charge on any atom is 0.238 e. The van der Waals surface area contributed by atoms with Gasteiger partial charge in [-0.3, -0.25) is 9.69 Å². The fraction of sp³-hybridized carbons (Fsp3) is 0.381. The number of carbonyl (C=O) groups is 1. The highest BCUT2D eigenvalue weighted by atomic mass is 35.5. The standard InChI is InChI=1S/C21H28N2O2.ClH/c1-5-23(6-2)14-20(24)22-21-16(3)12-19(13-17(21)4)25-15-18-10-8-7-9-11-18;/h7-13H,5-6,14-15H2,1-4H3,(H,22,24);1H. The number of hydrogen-bond donors (Lipinski definition) is 1. The maximum atomic E-state index is 12.3. The zero-order chi connectivity index (χ0) is 18.2. The van der Waals surface area contributed by atoms with Crippen LogP contribution in [0.25, 0.3) is 0 Å². The number of nitrogens with zero attached hydrogens (tertiary/aromatic N) is 1. The first-order valence-corrected chi connectivity index (χ1v) is 8.83. The number of amides is 1. The quantitative estimate of drug-likeness (QED) is 0.732. The van der Waals surface area contributed by atoms with Gasteiger partial charge in [-0.15, -0.1) is 12.4 Å². The second-order valence-corrected chi connectivity index (χ2v) is 6.22. The summed E-state index contributed by atoms with van der Waals surface area (Å²) in [6.07, 6.45) is 0. The van der Waals surface area contributed by atoms with Crippen molar-refractivity contribution < 1.29 is 9.53 Å². The number of nitrogens with one attached hydrogen (secondary N) is 1. The largest absolute Gasteiger partial charge is 0.489 e. The fourth-order valence-corrected chi connectivity index (χ4v) is 2.77. The molecule has 26 heavy (non-hydrogen) atoms. The van der Waals surface area contributed by atoms with Crippen LogP contribution in [0.2, 0.25) is 0 Å². The third-order valence-corrected chi connectivity index (χ3v) is 4.28. The first-order chi connectivity index (χ1) is 12.0. The van der Waals surface area contributed by atoms with Crippen LogP contribution in [0.4, 0.5) is 5.69 Å². The number of carbonyl (C=O) groups excluding carboxylic acids is 1. The zero-order valence-electron chi connectivity index (χ0n) is 16.0. The number of rotatable bonds is 8. The van der Waals surface area contributed by atoms with E-state index in [-0.39, 0.29) is 18.3 Å². The smallest absolute Gasteiger partial charge is 0.238 e. The number of ether oxygens (including phenoxy) is 1. The van der Waals surface area contributed by atoms with Gasteiger partial charge in [0.15, 0.2) is 0 Å². The number of likely N-dealkylation sites (N-methyl/N-ethyl adjacent to an activating group) is 1. The lowest BCUT2D eigenvalue weighted by molar-refractivity contribution is -0.117. The fourth-order valence-electron chi connectivity index (χ4n) is 2.77. The molecule has 4 nitrogen and oxygen atoms in total. The predicted octanol–water partition coefficient (Wildman–Crippen LogP) is 4.58. The van der Waals surface area contributed by atoms with E-state index in [0.717, 1.165) is 41.2 Å². The molecule has 0 aliphatic rings. The number of aryl methyl sites for hydroxylation is 2. The van der Waals surface area contributed by atoms with Crippen molar-refractivity contribution in [1.82, 2.24) is 4.90 Å². The van der Waals surface area contributed by atoms with Crippen LogP contribution in [0.1, 0.15) is 30.5 Å². The molecule has 0 aliphatic carbocycles. The Morgan fingerprint density at radius 1 is 1.04 bits per heavy atom. The van der Waals surface area contributed by atoms with Crippen molar-refractivity contribution in [2.24, 2.45) is 0 Å². The predicted molar refractivity (Wildman–Crippen MR) is 110 cm³/mol. The van der Waals surface area contributed by atoms with Crippen LogP contribution >= 0.6 is 12.4 Å². The van der Waals surface area contributed by atoms with Gasteiger partial charge < -0.3 is 10.1 Å². The molecule has 0 atom stereocenters. The molecular weight excluding hydrogens is 348 g/mol. The molecule has 5 heteroatoms. The Bertz CT molecular complexity index is 677. The number of benzene rings is 2. The van der Waals surface area contributed by atoms with E-state index in [9.17, 15) is 4.79 Å². The average molecular weight is 377 g/mol. The molecule has 0 spiro atoms. The highest BCUT2D eigenvalue weighted by Crippen LogP contribution is 2.27. The lowest BCUT2D eigenvalue weighted by Crippen LogP contribution is -2.33. The highest BCUT2D eigenvalue weighted by molar-refractivity contribution is 5.93. The molecule has 0 saturated carbocycles. The maximum absolute atomic E-state index is 12.3. The van der Waals surface area contributed by atoms with Crippen LogP contribution in [0, 0.1) is 13.8 Å². The molecule has 0 aliphatic heterocycles. The van der Waals surface area contributed by atoms with Gasteiger partial charge in [-0.05, 0) is 55.8 Å². The molecule has 0 heterocycles. The third-order valence-electron chi connectivity index (χ3n) is 4.28. The van der Waals surface area contributed by atoms with Crippen LogP contribution < -0.4 is 10.1 Å². The molecular formula is C21H29ClN2O2. The molecule has 1 amide bonds. The Labute approximate surface area is 163 Å². The minimum atomic E-state index is 0. The van der Waals surface area contributed by atoms with Crippen molar-refractivity contribution in [2.45, 2.75) is 34.3 Å². The van der Waals surface area contributed by atoms with E-state index >= 15 is 0 Å². The first-order valence-electron chi connectivity index (χ1n) is 8.83. The second-order valence-electron chi connectivity index (χ2n) is 6.22. The third kappa shape index (κ3) is 6.36. The van der Waals surface area contributed by atoms with Crippen LogP contribution in [0.15, 0.2) is 42.5 Å². The van der Waals surface area contributed by atoms with E-state index in [2.05, 4.69) is 24.1 Å². The number of halogens is 1. The topological polar surface area (TPSA) is 41.6 Å². The molecule has 2 rings (SSSR count). The van der Waals surface area contributed by atoms with E-state index in [1.54, 1.807) is 0 Å². The summed E-state index contributed by atoms with van der Waals surface area (Å²) in [4.78, 5) is 14.4.